The van der Waals surface area contributed by atoms with Crippen molar-refractivity contribution in [1.82, 2.24) is 24.9 Å². The van der Waals surface area contributed by atoms with Crippen LogP contribution in [0.25, 0.3) is 0 Å². The molecule has 2 N–H and O–H groups in total. The Morgan fingerprint density at radius 3 is 2.90 bits per heavy atom. The zero-order chi connectivity index (χ0) is 14.8. The van der Waals surface area contributed by atoms with Gasteiger partial charge in [0.2, 0.25) is 5.91 Å². The summed E-state index contributed by atoms with van der Waals surface area (Å²) < 4.78 is 3.45. The molecule has 0 atom stereocenters. The predicted octanol–water partition coefficient (Wildman–Crippen LogP) is 0.816. The van der Waals surface area contributed by atoms with Crippen molar-refractivity contribution in [3.8, 4) is 0 Å². The monoisotopic (exact) mass is 288 g/mol. The average molecular weight is 288 g/mol. The first-order chi connectivity index (χ1) is 10.1. The number of nitrogens with zero attached hydrogens (tertiary/aromatic N) is 4. The second-order valence-electron chi connectivity index (χ2n) is 5.54. The van der Waals surface area contributed by atoms with Gasteiger partial charge in [-0.15, -0.1) is 0 Å². The Bertz CT molecular complexity index is 640. The van der Waals surface area contributed by atoms with E-state index in [1.54, 1.807) is 15.6 Å². The summed E-state index contributed by atoms with van der Waals surface area (Å²) >= 11 is 0. The molecule has 0 aromatic carbocycles. The lowest BCUT2D eigenvalue weighted by molar-refractivity contribution is -0.122. The molecule has 0 radical (unpaired) electrons. The van der Waals surface area contributed by atoms with Gasteiger partial charge in [-0.1, -0.05) is 0 Å². The summed E-state index contributed by atoms with van der Waals surface area (Å²) in [6.07, 6.45) is 7.77. The summed E-state index contributed by atoms with van der Waals surface area (Å²) in [5, 5.41) is 14.7. The van der Waals surface area contributed by atoms with Crippen molar-refractivity contribution in [1.29, 1.82) is 0 Å². The zero-order valence-corrected chi connectivity index (χ0v) is 12.3. The molecule has 7 nitrogen and oxygen atoms in total. The van der Waals surface area contributed by atoms with Gasteiger partial charge in [0.05, 0.1) is 17.6 Å². The Morgan fingerprint density at radius 2 is 2.24 bits per heavy atom. The maximum absolute atomic E-state index is 11.7. The maximum atomic E-state index is 11.7. The van der Waals surface area contributed by atoms with Crippen molar-refractivity contribution in [3.05, 3.63) is 29.8 Å². The number of hydrogen-bond acceptors (Lipinski definition) is 4. The molecule has 0 bridgehead atoms. The Morgan fingerprint density at radius 1 is 1.43 bits per heavy atom. The van der Waals surface area contributed by atoms with E-state index in [9.17, 15) is 4.79 Å². The fourth-order valence-corrected chi connectivity index (χ4v) is 2.21. The normalized spacial score (nSPS) is 14.2. The minimum absolute atomic E-state index is 0.0234. The third-order valence-corrected chi connectivity index (χ3v) is 3.48. The largest absolute Gasteiger partial charge is 0.378 e. The quantitative estimate of drug-likeness (QED) is 0.825. The fraction of sp³-hybridized carbons (Fsp3) is 0.500. The zero-order valence-electron chi connectivity index (χ0n) is 12.3. The predicted molar refractivity (Wildman–Crippen MR) is 78.7 cm³/mol. The second-order valence-corrected chi connectivity index (χ2v) is 5.54. The van der Waals surface area contributed by atoms with Gasteiger partial charge >= 0.3 is 0 Å². The van der Waals surface area contributed by atoms with Crippen molar-refractivity contribution in [3.63, 3.8) is 0 Å². The highest BCUT2D eigenvalue weighted by atomic mass is 16.2. The first-order valence-electron chi connectivity index (χ1n) is 7.15. The smallest absolute Gasteiger partial charge is 0.241 e. The van der Waals surface area contributed by atoms with Gasteiger partial charge in [-0.25, -0.2) is 0 Å². The van der Waals surface area contributed by atoms with Gasteiger partial charge in [0, 0.05) is 37.6 Å². The molecule has 21 heavy (non-hydrogen) atoms. The van der Waals surface area contributed by atoms with Crippen molar-refractivity contribution < 1.29 is 4.79 Å². The minimum Gasteiger partial charge on any atom is -0.378 e. The highest BCUT2D eigenvalue weighted by Crippen LogP contribution is 2.18. The number of aryl methyl sites for hydroxylation is 2. The molecule has 0 aliphatic heterocycles. The van der Waals surface area contributed by atoms with Crippen molar-refractivity contribution in [2.24, 2.45) is 7.05 Å². The molecule has 112 valence electrons. The second kappa shape index (κ2) is 5.59. The summed E-state index contributed by atoms with van der Waals surface area (Å²) in [5.74, 6) is 0.0234. The van der Waals surface area contributed by atoms with Gasteiger partial charge in [-0.3, -0.25) is 14.2 Å². The van der Waals surface area contributed by atoms with Crippen molar-refractivity contribution in [2.75, 3.05) is 5.32 Å². The summed E-state index contributed by atoms with van der Waals surface area (Å²) in [6.45, 7) is 2.95. The maximum Gasteiger partial charge on any atom is 0.241 e. The number of amides is 1. The van der Waals surface area contributed by atoms with Gasteiger partial charge in [0.25, 0.3) is 0 Å². The first-order valence-corrected chi connectivity index (χ1v) is 7.15. The lowest BCUT2D eigenvalue weighted by Gasteiger charge is -2.03. The van der Waals surface area contributed by atoms with E-state index in [-0.39, 0.29) is 12.5 Å². The van der Waals surface area contributed by atoms with E-state index in [0.29, 0.717) is 12.6 Å². The molecule has 1 aliphatic carbocycles. The van der Waals surface area contributed by atoms with E-state index in [1.165, 1.54) is 0 Å². The molecule has 2 heterocycles. The third-order valence-electron chi connectivity index (χ3n) is 3.48. The molecule has 3 rings (SSSR count). The Kier molecular flexibility index (Phi) is 3.64. The van der Waals surface area contributed by atoms with E-state index < -0.39 is 0 Å². The van der Waals surface area contributed by atoms with Crippen LogP contribution in [0.3, 0.4) is 0 Å². The van der Waals surface area contributed by atoms with Crippen LogP contribution in [0.15, 0.2) is 18.6 Å². The summed E-state index contributed by atoms with van der Waals surface area (Å²) in [5.41, 5.74) is 3.07. The number of aromatic nitrogens is 4. The fourth-order valence-electron chi connectivity index (χ4n) is 2.21. The molecule has 1 fully saturated rings. The highest BCUT2D eigenvalue weighted by molar-refractivity contribution is 5.76. The van der Waals surface area contributed by atoms with Gasteiger partial charge in [0.1, 0.15) is 6.54 Å². The molecule has 1 aliphatic rings. The molecule has 1 amide bonds. The molecule has 0 spiro atoms. The van der Waals surface area contributed by atoms with Crippen molar-refractivity contribution in [2.45, 2.75) is 38.9 Å². The van der Waals surface area contributed by atoms with Crippen LogP contribution in [0.2, 0.25) is 0 Å². The van der Waals surface area contributed by atoms with Crippen LogP contribution < -0.4 is 10.6 Å². The Hall–Kier alpha value is -2.31. The van der Waals surface area contributed by atoms with E-state index >= 15 is 0 Å². The van der Waals surface area contributed by atoms with Crippen LogP contribution in [0, 0.1) is 6.92 Å². The van der Waals surface area contributed by atoms with E-state index in [2.05, 4.69) is 20.8 Å². The highest BCUT2D eigenvalue weighted by Gasteiger charge is 2.23. The summed E-state index contributed by atoms with van der Waals surface area (Å²) in [4.78, 5) is 11.7. The minimum atomic E-state index is 0.0234. The van der Waals surface area contributed by atoms with Crippen LogP contribution in [-0.4, -0.2) is 31.5 Å². The van der Waals surface area contributed by atoms with Gasteiger partial charge in [-0.05, 0) is 19.8 Å². The van der Waals surface area contributed by atoms with Crippen molar-refractivity contribution >= 4 is 11.6 Å². The number of nitrogens with one attached hydrogen (secondary N) is 2. The van der Waals surface area contributed by atoms with Gasteiger partial charge < -0.3 is 10.6 Å². The summed E-state index contributed by atoms with van der Waals surface area (Å²) in [7, 11) is 1.91. The molecule has 7 heteroatoms. The summed E-state index contributed by atoms with van der Waals surface area (Å²) in [6, 6.07) is 0.388. The molecular weight excluding hydrogens is 268 g/mol. The Balaban J connectivity index is 1.52. The SMILES string of the molecule is Cc1nn(C)cc1CNc1cnn(CC(=O)NC2CC2)c1. The van der Waals surface area contributed by atoms with Gasteiger partial charge in [0.15, 0.2) is 0 Å². The van der Waals surface area contributed by atoms with Gasteiger partial charge in [-0.2, -0.15) is 10.2 Å². The lowest BCUT2D eigenvalue weighted by atomic mass is 10.2. The van der Waals surface area contributed by atoms with Crippen LogP contribution in [-0.2, 0) is 24.9 Å². The number of rotatable bonds is 6. The number of hydrogen-bond donors (Lipinski definition) is 2. The first kappa shape index (κ1) is 13.7. The topological polar surface area (TPSA) is 76.8 Å². The molecule has 0 unspecified atom stereocenters. The average Bonchev–Trinajstić information content (AvgIpc) is 3.01. The standard InChI is InChI=1S/C14H20N6O/c1-10-11(7-19(2)18-10)5-15-13-6-16-20(8-13)9-14(21)17-12-3-4-12/h6-8,12,15H,3-5,9H2,1-2H3,(H,17,21). The molecular formula is C14H20N6O. The molecule has 2 aromatic rings. The molecule has 0 saturated heterocycles. The van der Waals surface area contributed by atoms with Crippen LogP contribution >= 0.6 is 0 Å². The van der Waals surface area contributed by atoms with Crippen LogP contribution in [0.5, 0.6) is 0 Å². The lowest BCUT2D eigenvalue weighted by Crippen LogP contribution is -2.29. The Labute approximate surface area is 123 Å². The van der Waals surface area contributed by atoms with E-state index in [1.807, 2.05) is 26.4 Å². The van der Waals surface area contributed by atoms with E-state index in [0.717, 1.165) is 29.8 Å². The molecule has 1 saturated carbocycles. The van der Waals surface area contributed by atoms with Crippen LogP contribution in [0.1, 0.15) is 24.1 Å². The number of carbonyl (C=O) groups is 1. The molecule has 2 aromatic heterocycles. The number of carbonyl (C=O) groups excluding carboxylic acids is 1. The third kappa shape index (κ3) is 3.62. The van der Waals surface area contributed by atoms with Crippen LogP contribution in [0.4, 0.5) is 5.69 Å². The number of anilines is 1. The van der Waals surface area contributed by atoms with E-state index in [4.69, 9.17) is 0 Å².